The second-order valence-corrected chi connectivity index (χ2v) is 14.2. The normalized spacial score (nSPS) is 17.1. The van der Waals surface area contributed by atoms with Crippen molar-refractivity contribution in [2.24, 2.45) is 0 Å². The fourth-order valence-electron chi connectivity index (χ4n) is 6.37. The zero-order valence-corrected chi connectivity index (χ0v) is 34.9. The van der Waals surface area contributed by atoms with Crippen molar-refractivity contribution >= 4 is 52.9 Å². The fourth-order valence-corrected chi connectivity index (χ4v) is 6.37. The molecule has 0 aromatic heterocycles. The predicted octanol–water partition coefficient (Wildman–Crippen LogP) is 6.66. The van der Waals surface area contributed by atoms with Crippen molar-refractivity contribution in [2.75, 3.05) is 39.6 Å². The Bertz CT molecular complexity index is 2370. The molecule has 0 saturated carbocycles. The number of hydrogen-bond acceptors (Lipinski definition) is 18. The lowest BCUT2D eigenvalue weighted by Crippen LogP contribution is -2.36. The minimum absolute atomic E-state index is 0.0131. The van der Waals surface area contributed by atoms with Crippen LogP contribution in [-0.2, 0) is 47.5 Å². The molecule has 2 aliphatic heterocycles. The third kappa shape index (κ3) is 13.7. The highest BCUT2D eigenvalue weighted by Crippen LogP contribution is 2.32. The molecule has 2 unspecified atom stereocenters. The molecule has 18 nitrogen and oxygen atoms in total. The van der Waals surface area contributed by atoms with E-state index in [-0.39, 0.29) is 73.6 Å². The smallest absolute Gasteiger partial charge is 0.463 e. The van der Waals surface area contributed by atoms with E-state index in [1.54, 1.807) is 36.4 Å². The van der Waals surface area contributed by atoms with E-state index >= 15 is 0 Å². The van der Waals surface area contributed by atoms with Crippen LogP contribution in [0.25, 0.3) is 10.8 Å². The number of carbonyl (C=O) groups excluding carboxylic acids is 7. The fraction of sp³-hybridized carbons (Fsp3) is 0.298. The second kappa shape index (κ2) is 23.2. The average molecular weight is 897 g/mol. The van der Waals surface area contributed by atoms with Crippen LogP contribution in [0.2, 0.25) is 0 Å². The average Bonchev–Trinajstić information content (AvgIpc) is 3.91. The molecule has 0 bridgehead atoms. The number of esters is 5. The summed E-state index contributed by atoms with van der Waals surface area (Å²) in [6.07, 6.45) is -0.763. The summed E-state index contributed by atoms with van der Waals surface area (Å²) in [7, 11) is 0. The Kier molecular flexibility index (Phi) is 16.8. The summed E-state index contributed by atoms with van der Waals surface area (Å²) in [4.78, 5) is 85.2. The van der Waals surface area contributed by atoms with Crippen molar-refractivity contribution in [1.82, 2.24) is 0 Å². The highest BCUT2D eigenvalue weighted by atomic mass is 16.7. The molecule has 0 spiro atoms. The standard InChI is InChI=1S/C47H44O18/c1-3-39(48)55-21-5-7-23-57-46(53)62-34-16-11-29(12-17-34)43(50)61-36-20-15-31-25-33(10-9-32(31)26-36)45(52)65-38-28-60-41-37(27-59-42(38)41)64-44(51)30-13-18-35(19-14-30)63-47(54)58-24-8-6-22-56-40(49)4-2/h3-4,9-20,25-26,37-38,41-42H,1-2,5-8,21-24,27-28H2/t37-,38-,41?,42?/m1/s1. The minimum Gasteiger partial charge on any atom is -0.463 e. The first-order valence-corrected chi connectivity index (χ1v) is 20.4. The summed E-state index contributed by atoms with van der Waals surface area (Å²) in [6, 6.07) is 21.2. The molecule has 4 aromatic carbocycles. The van der Waals surface area contributed by atoms with Gasteiger partial charge in [-0.3, -0.25) is 0 Å². The van der Waals surface area contributed by atoms with E-state index in [2.05, 4.69) is 13.2 Å². The second-order valence-electron chi connectivity index (χ2n) is 14.2. The topological polar surface area (TPSA) is 221 Å². The summed E-state index contributed by atoms with van der Waals surface area (Å²) in [5.41, 5.74) is 0.636. The molecule has 0 amide bonds. The van der Waals surface area contributed by atoms with Crippen molar-refractivity contribution in [1.29, 1.82) is 0 Å². The van der Waals surface area contributed by atoms with Gasteiger partial charge in [0.2, 0.25) is 0 Å². The van der Waals surface area contributed by atoms with Gasteiger partial charge in [-0.1, -0.05) is 25.3 Å². The zero-order chi connectivity index (χ0) is 46.1. The SMILES string of the molecule is C=CC(=O)OCCCCOC(=O)Oc1ccc(C(=O)Oc2ccc3cc(C(=O)O[C@@H]4COC5C4OC[C@H]5OC(=O)c4ccc(OC(=O)OCCCCOC(=O)C=C)cc4)ccc3c2)cc1. The van der Waals surface area contributed by atoms with Gasteiger partial charge < -0.3 is 52.1 Å². The summed E-state index contributed by atoms with van der Waals surface area (Å²) in [6.45, 7) is 7.10. The third-order valence-corrected chi connectivity index (χ3v) is 9.66. The first kappa shape index (κ1) is 46.9. The summed E-state index contributed by atoms with van der Waals surface area (Å²) in [5.74, 6) is -2.45. The van der Waals surface area contributed by atoms with E-state index in [4.69, 9.17) is 52.1 Å². The largest absolute Gasteiger partial charge is 0.513 e. The van der Waals surface area contributed by atoms with Crippen molar-refractivity contribution in [3.63, 3.8) is 0 Å². The van der Waals surface area contributed by atoms with Crippen LogP contribution >= 0.6 is 0 Å². The Morgan fingerprint density at radius 2 is 0.877 bits per heavy atom. The van der Waals surface area contributed by atoms with Crippen LogP contribution in [0.3, 0.4) is 0 Å². The Balaban J connectivity index is 0.911. The van der Waals surface area contributed by atoms with E-state index in [1.165, 1.54) is 48.5 Å². The van der Waals surface area contributed by atoms with Gasteiger partial charge in [-0.25, -0.2) is 33.6 Å². The number of fused-ring (bicyclic) bond motifs is 2. The van der Waals surface area contributed by atoms with Gasteiger partial charge >= 0.3 is 42.2 Å². The molecule has 6 rings (SSSR count). The molecule has 65 heavy (non-hydrogen) atoms. The Labute approximate surface area is 371 Å². The lowest BCUT2D eigenvalue weighted by molar-refractivity contribution is -0.138. The molecule has 18 heteroatoms. The Morgan fingerprint density at radius 3 is 1.37 bits per heavy atom. The van der Waals surface area contributed by atoms with Gasteiger partial charge in [0.15, 0.2) is 12.2 Å². The van der Waals surface area contributed by atoms with E-state index < -0.39 is 66.6 Å². The van der Waals surface area contributed by atoms with Crippen LogP contribution in [0.4, 0.5) is 9.59 Å². The van der Waals surface area contributed by atoms with Gasteiger partial charge in [-0.05, 0) is 109 Å². The van der Waals surface area contributed by atoms with Crippen molar-refractivity contribution in [2.45, 2.75) is 50.1 Å². The number of rotatable bonds is 20. The van der Waals surface area contributed by atoms with Crippen LogP contribution in [0.15, 0.2) is 110 Å². The number of benzene rings is 4. The van der Waals surface area contributed by atoms with Crippen LogP contribution in [0.1, 0.15) is 56.8 Å². The summed E-state index contributed by atoms with van der Waals surface area (Å²) >= 11 is 0. The van der Waals surface area contributed by atoms with Crippen LogP contribution in [0.5, 0.6) is 17.2 Å². The number of unbranched alkanes of at least 4 members (excludes halogenated alkanes) is 2. The maximum atomic E-state index is 13.3. The molecular formula is C47H44O18. The zero-order valence-electron chi connectivity index (χ0n) is 34.9. The lowest BCUT2D eigenvalue weighted by atomic mass is 10.1. The van der Waals surface area contributed by atoms with Crippen LogP contribution < -0.4 is 14.2 Å². The molecule has 2 fully saturated rings. The molecule has 0 aliphatic carbocycles. The van der Waals surface area contributed by atoms with Crippen molar-refractivity contribution in [3.8, 4) is 17.2 Å². The van der Waals surface area contributed by atoms with E-state index in [9.17, 15) is 33.6 Å². The number of hydrogen-bond donors (Lipinski definition) is 0. The van der Waals surface area contributed by atoms with Gasteiger partial charge in [0.25, 0.3) is 0 Å². The van der Waals surface area contributed by atoms with Crippen molar-refractivity contribution in [3.05, 3.63) is 127 Å². The van der Waals surface area contributed by atoms with Crippen LogP contribution in [-0.4, -0.2) is 106 Å². The summed E-state index contributed by atoms with van der Waals surface area (Å²) < 4.78 is 58.6. The molecule has 0 radical (unpaired) electrons. The molecule has 0 N–H and O–H groups in total. The molecular weight excluding hydrogens is 852 g/mol. The highest BCUT2D eigenvalue weighted by molar-refractivity contribution is 5.97. The predicted molar refractivity (Wildman–Crippen MR) is 224 cm³/mol. The number of carbonyl (C=O) groups is 7. The Morgan fingerprint density at radius 1 is 0.477 bits per heavy atom. The maximum absolute atomic E-state index is 13.3. The lowest BCUT2D eigenvalue weighted by Gasteiger charge is -2.17. The molecule has 4 atom stereocenters. The van der Waals surface area contributed by atoms with Gasteiger partial charge in [0.1, 0.15) is 29.5 Å². The molecule has 340 valence electrons. The summed E-state index contributed by atoms with van der Waals surface area (Å²) in [5, 5.41) is 1.35. The van der Waals surface area contributed by atoms with E-state index in [0.29, 0.717) is 36.5 Å². The third-order valence-electron chi connectivity index (χ3n) is 9.66. The maximum Gasteiger partial charge on any atom is 0.513 e. The van der Waals surface area contributed by atoms with Gasteiger partial charge in [-0.2, -0.15) is 0 Å². The first-order chi connectivity index (χ1) is 31.5. The minimum atomic E-state index is -0.934. The Hall–Kier alpha value is -7.57. The van der Waals surface area contributed by atoms with Gasteiger partial charge in [-0.15, -0.1) is 0 Å². The van der Waals surface area contributed by atoms with E-state index in [1.807, 2.05) is 0 Å². The van der Waals surface area contributed by atoms with Gasteiger partial charge in [0, 0.05) is 12.2 Å². The van der Waals surface area contributed by atoms with E-state index in [0.717, 1.165) is 12.2 Å². The van der Waals surface area contributed by atoms with Crippen LogP contribution in [0, 0.1) is 0 Å². The molecule has 2 saturated heterocycles. The van der Waals surface area contributed by atoms with Gasteiger partial charge in [0.05, 0.1) is 56.3 Å². The molecule has 2 heterocycles. The monoisotopic (exact) mass is 896 g/mol. The quantitative estimate of drug-likeness (QED) is 0.0226. The molecule has 2 aliphatic rings. The first-order valence-electron chi connectivity index (χ1n) is 20.4. The highest BCUT2D eigenvalue weighted by Gasteiger charge is 2.51. The molecule has 4 aromatic rings. The number of ether oxygens (including phenoxy) is 11. The van der Waals surface area contributed by atoms with Crippen molar-refractivity contribution < 1.29 is 85.7 Å².